The summed E-state index contributed by atoms with van der Waals surface area (Å²) in [6.45, 7) is 0.109. The van der Waals surface area contributed by atoms with E-state index in [-0.39, 0.29) is 34.5 Å². The van der Waals surface area contributed by atoms with E-state index in [0.29, 0.717) is 0 Å². The van der Waals surface area contributed by atoms with Crippen LogP contribution in [0.15, 0.2) is 60.7 Å². The summed E-state index contributed by atoms with van der Waals surface area (Å²) in [5.41, 5.74) is 4.22. The molecular formula is C23H18ClNO5. The first-order valence-electron chi connectivity index (χ1n) is 9.22. The number of aromatic carboxylic acids is 1. The Balaban J connectivity index is 1.55. The van der Waals surface area contributed by atoms with Gasteiger partial charge in [0.05, 0.1) is 12.7 Å². The minimum Gasteiger partial charge on any atom is -0.494 e. The summed E-state index contributed by atoms with van der Waals surface area (Å²) in [6.07, 6.45) is -0.778. The highest BCUT2D eigenvalue weighted by molar-refractivity contribution is 6.31. The molecule has 4 rings (SSSR count). The number of methoxy groups -OCH3 is 1. The molecule has 30 heavy (non-hydrogen) atoms. The Hall–Kier alpha value is -3.51. The number of fused-ring (bicyclic) bond motifs is 3. The van der Waals surface area contributed by atoms with Gasteiger partial charge in [-0.2, -0.15) is 0 Å². The molecule has 0 bridgehead atoms. The maximum atomic E-state index is 12.5. The predicted molar refractivity (Wildman–Crippen MR) is 114 cm³/mol. The second-order valence-corrected chi connectivity index (χ2v) is 7.22. The normalized spacial score (nSPS) is 12.1. The highest BCUT2D eigenvalue weighted by Crippen LogP contribution is 2.44. The largest absolute Gasteiger partial charge is 0.494 e. The Morgan fingerprint density at radius 2 is 1.63 bits per heavy atom. The molecule has 2 N–H and O–H groups in total. The van der Waals surface area contributed by atoms with Crippen LogP contribution in [0.2, 0.25) is 5.02 Å². The summed E-state index contributed by atoms with van der Waals surface area (Å²) in [5.74, 6) is -1.22. The molecule has 0 atom stereocenters. The van der Waals surface area contributed by atoms with Crippen molar-refractivity contribution in [3.63, 3.8) is 0 Å². The molecule has 0 saturated carbocycles. The van der Waals surface area contributed by atoms with Crippen LogP contribution in [0.25, 0.3) is 11.1 Å². The van der Waals surface area contributed by atoms with Gasteiger partial charge in [-0.3, -0.25) is 5.32 Å². The van der Waals surface area contributed by atoms with E-state index in [4.69, 9.17) is 21.1 Å². The van der Waals surface area contributed by atoms with Gasteiger partial charge in [-0.25, -0.2) is 9.59 Å². The van der Waals surface area contributed by atoms with Crippen molar-refractivity contribution in [3.8, 4) is 16.9 Å². The number of nitrogens with one attached hydrogen (secondary N) is 1. The number of carboxylic acid groups (broad SMARTS) is 1. The number of benzene rings is 3. The standard InChI is InChI=1S/C23H18ClNO5/c1-29-20-11-13(24)10-18(22(26)27)21(20)25-23(28)30-12-19-16-8-4-2-6-14(16)15-7-3-5-9-17(15)19/h2-11,19H,12H2,1H3,(H,25,28)(H,26,27). The molecular weight excluding hydrogens is 406 g/mol. The van der Waals surface area contributed by atoms with E-state index in [1.807, 2.05) is 48.5 Å². The maximum Gasteiger partial charge on any atom is 0.411 e. The number of ether oxygens (including phenoxy) is 2. The van der Waals surface area contributed by atoms with Crippen LogP contribution in [0.5, 0.6) is 5.75 Å². The molecule has 0 radical (unpaired) electrons. The Morgan fingerprint density at radius 3 is 2.20 bits per heavy atom. The fraction of sp³-hybridized carbons (Fsp3) is 0.130. The average molecular weight is 424 g/mol. The van der Waals surface area contributed by atoms with Gasteiger partial charge in [0.1, 0.15) is 18.0 Å². The molecule has 0 spiro atoms. The smallest absolute Gasteiger partial charge is 0.411 e. The van der Waals surface area contributed by atoms with Gasteiger partial charge >= 0.3 is 12.1 Å². The number of carbonyl (C=O) groups is 2. The van der Waals surface area contributed by atoms with Gasteiger partial charge in [0.25, 0.3) is 0 Å². The van der Waals surface area contributed by atoms with E-state index in [1.54, 1.807) is 0 Å². The van der Waals surface area contributed by atoms with Crippen LogP contribution >= 0.6 is 11.6 Å². The van der Waals surface area contributed by atoms with Crippen molar-refractivity contribution in [1.29, 1.82) is 0 Å². The van der Waals surface area contributed by atoms with Crippen molar-refractivity contribution in [2.24, 2.45) is 0 Å². The number of amides is 1. The summed E-state index contributed by atoms with van der Waals surface area (Å²) in [5, 5.41) is 12.1. The van der Waals surface area contributed by atoms with Crippen molar-refractivity contribution in [2.75, 3.05) is 19.0 Å². The number of hydrogen-bond acceptors (Lipinski definition) is 4. The van der Waals surface area contributed by atoms with E-state index in [9.17, 15) is 14.7 Å². The minimum absolute atomic E-state index is 0.00776. The molecule has 152 valence electrons. The lowest BCUT2D eigenvalue weighted by atomic mass is 9.98. The lowest BCUT2D eigenvalue weighted by Gasteiger charge is -2.16. The first-order valence-corrected chi connectivity index (χ1v) is 9.60. The number of anilines is 1. The van der Waals surface area contributed by atoms with E-state index in [2.05, 4.69) is 5.32 Å². The van der Waals surface area contributed by atoms with Crippen molar-refractivity contribution in [2.45, 2.75) is 5.92 Å². The topological polar surface area (TPSA) is 84.9 Å². The first kappa shape index (κ1) is 19.8. The zero-order valence-electron chi connectivity index (χ0n) is 16.0. The summed E-state index contributed by atoms with van der Waals surface area (Å²) in [4.78, 5) is 24.1. The van der Waals surface area contributed by atoms with Crippen LogP contribution in [-0.4, -0.2) is 30.9 Å². The third-order valence-electron chi connectivity index (χ3n) is 5.09. The van der Waals surface area contributed by atoms with Gasteiger partial charge < -0.3 is 14.6 Å². The average Bonchev–Trinajstić information content (AvgIpc) is 3.07. The van der Waals surface area contributed by atoms with Crippen molar-refractivity contribution in [1.82, 2.24) is 0 Å². The predicted octanol–water partition coefficient (Wildman–Crippen LogP) is 5.41. The van der Waals surface area contributed by atoms with Crippen LogP contribution in [0.3, 0.4) is 0 Å². The zero-order valence-corrected chi connectivity index (χ0v) is 16.8. The second kappa shape index (κ2) is 8.08. The van der Waals surface area contributed by atoms with Gasteiger partial charge in [-0.05, 0) is 28.3 Å². The van der Waals surface area contributed by atoms with E-state index in [0.717, 1.165) is 22.3 Å². The van der Waals surface area contributed by atoms with Gasteiger partial charge in [-0.1, -0.05) is 60.1 Å². The SMILES string of the molecule is COc1cc(Cl)cc(C(=O)O)c1NC(=O)OCC1c2ccccc2-c2ccccc21. The highest BCUT2D eigenvalue weighted by atomic mass is 35.5. The Labute approximate surface area is 178 Å². The second-order valence-electron chi connectivity index (χ2n) is 6.79. The van der Waals surface area contributed by atoms with Crippen molar-refractivity contribution >= 4 is 29.4 Å². The molecule has 0 saturated heterocycles. The highest BCUT2D eigenvalue weighted by Gasteiger charge is 2.29. The van der Waals surface area contributed by atoms with Crippen LogP contribution < -0.4 is 10.1 Å². The number of carboxylic acids is 1. The minimum atomic E-state index is -1.25. The fourth-order valence-electron chi connectivity index (χ4n) is 3.78. The number of carbonyl (C=O) groups excluding carboxylic acids is 1. The fourth-order valence-corrected chi connectivity index (χ4v) is 3.99. The van der Waals surface area contributed by atoms with Crippen LogP contribution in [0.1, 0.15) is 27.4 Å². The molecule has 6 nitrogen and oxygen atoms in total. The van der Waals surface area contributed by atoms with Gasteiger partial charge in [0.2, 0.25) is 0 Å². The monoisotopic (exact) mass is 423 g/mol. The summed E-state index contributed by atoms with van der Waals surface area (Å²) in [7, 11) is 1.36. The van der Waals surface area contributed by atoms with Crippen molar-refractivity contribution in [3.05, 3.63) is 82.4 Å². The molecule has 0 aromatic heterocycles. The van der Waals surface area contributed by atoms with Crippen molar-refractivity contribution < 1.29 is 24.2 Å². The molecule has 0 heterocycles. The van der Waals surface area contributed by atoms with Gasteiger partial charge in [0.15, 0.2) is 0 Å². The molecule has 0 aliphatic heterocycles. The molecule has 0 unspecified atom stereocenters. The molecule has 0 fully saturated rings. The third-order valence-corrected chi connectivity index (χ3v) is 5.31. The quantitative estimate of drug-likeness (QED) is 0.573. The molecule has 3 aromatic carbocycles. The molecule has 1 aliphatic carbocycles. The van der Waals surface area contributed by atoms with E-state index < -0.39 is 12.1 Å². The molecule has 1 aliphatic rings. The lowest BCUT2D eigenvalue weighted by molar-refractivity contribution is 0.0697. The Bertz CT molecular complexity index is 1100. The zero-order chi connectivity index (χ0) is 21.3. The Kier molecular flexibility index (Phi) is 5.33. The summed E-state index contributed by atoms with van der Waals surface area (Å²) < 4.78 is 10.6. The van der Waals surface area contributed by atoms with Crippen LogP contribution in [0, 0.1) is 0 Å². The maximum absolute atomic E-state index is 12.5. The third kappa shape index (κ3) is 3.57. The van der Waals surface area contributed by atoms with Crippen LogP contribution in [0.4, 0.5) is 10.5 Å². The molecule has 3 aromatic rings. The first-order chi connectivity index (χ1) is 14.5. The number of hydrogen-bond donors (Lipinski definition) is 2. The number of rotatable bonds is 5. The molecule has 7 heteroatoms. The van der Waals surface area contributed by atoms with E-state index >= 15 is 0 Å². The summed E-state index contributed by atoms with van der Waals surface area (Å²) in [6, 6.07) is 18.7. The van der Waals surface area contributed by atoms with Gasteiger partial charge in [0, 0.05) is 17.0 Å². The van der Waals surface area contributed by atoms with Gasteiger partial charge in [-0.15, -0.1) is 0 Å². The molecule has 1 amide bonds. The van der Waals surface area contributed by atoms with Crippen LogP contribution in [-0.2, 0) is 4.74 Å². The van der Waals surface area contributed by atoms with E-state index in [1.165, 1.54) is 19.2 Å². The summed E-state index contributed by atoms with van der Waals surface area (Å²) >= 11 is 5.94. The number of halogens is 1. The Morgan fingerprint density at radius 1 is 1.03 bits per heavy atom. The lowest BCUT2D eigenvalue weighted by Crippen LogP contribution is -2.20.